The molecule has 1 amide bonds. The van der Waals surface area contributed by atoms with Crippen molar-refractivity contribution in [3.8, 4) is 5.75 Å². The van der Waals surface area contributed by atoms with E-state index in [1.165, 1.54) is 12.1 Å². The van der Waals surface area contributed by atoms with Gasteiger partial charge < -0.3 is 15.0 Å². The van der Waals surface area contributed by atoms with Gasteiger partial charge in [0.2, 0.25) is 5.91 Å². The van der Waals surface area contributed by atoms with Crippen LogP contribution in [-0.4, -0.2) is 30.9 Å². The highest BCUT2D eigenvalue weighted by Crippen LogP contribution is 2.17. The van der Waals surface area contributed by atoms with Gasteiger partial charge in [-0.05, 0) is 68.4 Å². The number of halogens is 1. The molecule has 0 saturated carbocycles. The second-order valence-corrected chi connectivity index (χ2v) is 6.85. The molecular formula is C21H25FN2O2. The molecular weight excluding hydrogens is 331 g/mol. The van der Waals surface area contributed by atoms with E-state index in [2.05, 4.69) is 17.3 Å². The predicted octanol–water partition coefficient (Wildman–Crippen LogP) is 3.36. The summed E-state index contributed by atoms with van der Waals surface area (Å²) < 4.78 is 18.6. The van der Waals surface area contributed by atoms with Crippen LogP contribution in [0.25, 0.3) is 0 Å². The van der Waals surface area contributed by atoms with Gasteiger partial charge in [-0.2, -0.15) is 0 Å². The van der Waals surface area contributed by atoms with Crippen molar-refractivity contribution in [1.29, 1.82) is 0 Å². The highest BCUT2D eigenvalue weighted by Gasteiger charge is 2.22. The fourth-order valence-electron chi connectivity index (χ4n) is 3.06. The highest BCUT2D eigenvalue weighted by molar-refractivity contribution is 5.78. The maximum Gasteiger partial charge on any atom is 0.223 e. The van der Waals surface area contributed by atoms with E-state index >= 15 is 0 Å². The molecule has 0 aliphatic carbocycles. The minimum atomic E-state index is -0.250. The van der Waals surface area contributed by atoms with E-state index < -0.39 is 0 Å². The number of benzene rings is 2. The summed E-state index contributed by atoms with van der Waals surface area (Å²) >= 11 is 0. The Morgan fingerprint density at radius 2 is 1.69 bits per heavy atom. The molecule has 1 aliphatic heterocycles. The average molecular weight is 356 g/mol. The van der Waals surface area contributed by atoms with Crippen LogP contribution in [0.5, 0.6) is 5.75 Å². The Kier molecular flexibility index (Phi) is 6.23. The van der Waals surface area contributed by atoms with E-state index in [-0.39, 0.29) is 17.6 Å². The molecule has 1 saturated heterocycles. The maximum atomic E-state index is 12.9. The molecule has 1 heterocycles. The topological polar surface area (TPSA) is 41.6 Å². The molecule has 0 bridgehead atoms. The number of hydrogen-bond acceptors (Lipinski definition) is 3. The van der Waals surface area contributed by atoms with Gasteiger partial charge in [0, 0.05) is 12.5 Å². The fraction of sp³-hybridized carbons (Fsp3) is 0.381. The van der Waals surface area contributed by atoms with Crippen LogP contribution < -0.4 is 10.1 Å². The minimum Gasteiger partial charge on any atom is -0.489 e. The number of nitrogens with zero attached hydrogens (tertiary/aromatic N) is 1. The summed E-state index contributed by atoms with van der Waals surface area (Å²) in [6.07, 6.45) is 1.86. The molecule has 2 aromatic rings. The van der Waals surface area contributed by atoms with Crippen molar-refractivity contribution in [1.82, 2.24) is 10.2 Å². The zero-order valence-corrected chi connectivity index (χ0v) is 15.1. The summed E-state index contributed by atoms with van der Waals surface area (Å²) in [4.78, 5) is 14.5. The Bertz CT molecular complexity index is 708. The monoisotopic (exact) mass is 356 g/mol. The molecule has 0 aromatic heterocycles. The predicted molar refractivity (Wildman–Crippen MR) is 99.2 cm³/mol. The molecule has 0 spiro atoms. The number of amides is 1. The number of rotatable bonds is 6. The Morgan fingerprint density at radius 1 is 1.08 bits per heavy atom. The molecule has 1 N–H and O–H groups in total. The van der Waals surface area contributed by atoms with E-state index in [0.29, 0.717) is 13.2 Å². The van der Waals surface area contributed by atoms with Crippen LogP contribution in [0.2, 0.25) is 0 Å². The summed E-state index contributed by atoms with van der Waals surface area (Å²) in [5.41, 5.74) is 1.96. The fourth-order valence-corrected chi connectivity index (χ4v) is 3.06. The van der Waals surface area contributed by atoms with Gasteiger partial charge in [-0.15, -0.1) is 0 Å². The first-order chi connectivity index (χ1) is 12.6. The van der Waals surface area contributed by atoms with Crippen LogP contribution in [0, 0.1) is 11.7 Å². The van der Waals surface area contributed by atoms with E-state index in [0.717, 1.165) is 42.8 Å². The second kappa shape index (κ2) is 8.81. The van der Waals surface area contributed by atoms with Crippen molar-refractivity contribution in [3.05, 3.63) is 65.5 Å². The van der Waals surface area contributed by atoms with E-state index in [9.17, 15) is 9.18 Å². The van der Waals surface area contributed by atoms with Gasteiger partial charge in [-0.3, -0.25) is 4.79 Å². The van der Waals surface area contributed by atoms with Crippen LogP contribution in [0.15, 0.2) is 48.5 Å². The maximum absolute atomic E-state index is 12.9. The molecule has 5 heteroatoms. The molecule has 138 valence electrons. The Balaban J connectivity index is 1.44. The van der Waals surface area contributed by atoms with Crippen molar-refractivity contribution < 1.29 is 13.9 Å². The molecule has 3 rings (SSSR count). The lowest BCUT2D eigenvalue weighted by molar-refractivity contribution is -0.126. The van der Waals surface area contributed by atoms with Crippen molar-refractivity contribution in [2.24, 2.45) is 5.92 Å². The number of piperidine rings is 1. The third-order valence-electron chi connectivity index (χ3n) is 4.80. The normalized spacial score (nSPS) is 15.6. The zero-order chi connectivity index (χ0) is 18.4. The molecule has 0 atom stereocenters. The quantitative estimate of drug-likeness (QED) is 0.863. The first kappa shape index (κ1) is 18.4. The molecule has 1 aliphatic rings. The van der Waals surface area contributed by atoms with E-state index in [1.807, 2.05) is 24.3 Å². The lowest BCUT2D eigenvalue weighted by atomic mass is 9.96. The molecule has 1 fully saturated rings. The van der Waals surface area contributed by atoms with Crippen molar-refractivity contribution in [3.63, 3.8) is 0 Å². The van der Waals surface area contributed by atoms with Crippen LogP contribution in [-0.2, 0) is 17.9 Å². The third-order valence-corrected chi connectivity index (χ3v) is 4.80. The van der Waals surface area contributed by atoms with Gasteiger partial charge in [0.15, 0.2) is 0 Å². The number of nitrogens with one attached hydrogen (secondary N) is 1. The Labute approximate surface area is 154 Å². The molecule has 2 aromatic carbocycles. The summed E-state index contributed by atoms with van der Waals surface area (Å²) in [5.74, 6) is 0.777. The number of carbonyl (C=O) groups is 1. The number of likely N-dealkylation sites (tertiary alicyclic amines) is 1. The zero-order valence-electron chi connectivity index (χ0n) is 15.1. The Hall–Kier alpha value is -2.40. The van der Waals surface area contributed by atoms with Gasteiger partial charge in [0.05, 0.1) is 0 Å². The first-order valence-electron chi connectivity index (χ1n) is 9.02. The third kappa shape index (κ3) is 5.30. The summed E-state index contributed by atoms with van der Waals surface area (Å²) in [6.45, 7) is 2.90. The number of ether oxygens (including phenoxy) is 1. The molecule has 0 unspecified atom stereocenters. The Morgan fingerprint density at radius 3 is 2.35 bits per heavy atom. The van der Waals surface area contributed by atoms with Gasteiger partial charge in [0.1, 0.15) is 18.2 Å². The second-order valence-electron chi connectivity index (χ2n) is 6.85. The van der Waals surface area contributed by atoms with Gasteiger partial charge in [-0.1, -0.05) is 24.3 Å². The van der Waals surface area contributed by atoms with Gasteiger partial charge in [0.25, 0.3) is 0 Å². The standard InChI is InChI=1S/C21H25FN2O2/c1-24-12-10-18(11-13-24)21(25)23-14-16-4-8-20(9-5-16)26-15-17-2-6-19(22)7-3-17/h2-9,18H,10-15H2,1H3,(H,23,25). The smallest absolute Gasteiger partial charge is 0.223 e. The van der Waals surface area contributed by atoms with Crippen LogP contribution in [0.3, 0.4) is 0 Å². The van der Waals surface area contributed by atoms with E-state index in [4.69, 9.17) is 4.74 Å². The van der Waals surface area contributed by atoms with Crippen LogP contribution in [0.1, 0.15) is 24.0 Å². The van der Waals surface area contributed by atoms with Crippen LogP contribution in [0.4, 0.5) is 4.39 Å². The minimum absolute atomic E-state index is 0.129. The van der Waals surface area contributed by atoms with Crippen molar-refractivity contribution >= 4 is 5.91 Å². The van der Waals surface area contributed by atoms with Crippen molar-refractivity contribution in [2.45, 2.75) is 26.0 Å². The summed E-state index contributed by atoms with van der Waals surface area (Å²) in [6, 6.07) is 14.0. The molecule has 26 heavy (non-hydrogen) atoms. The SMILES string of the molecule is CN1CCC(C(=O)NCc2ccc(OCc3ccc(F)cc3)cc2)CC1. The van der Waals surface area contributed by atoms with Gasteiger partial charge in [-0.25, -0.2) is 4.39 Å². The number of carbonyl (C=O) groups excluding carboxylic acids is 1. The lowest BCUT2D eigenvalue weighted by Crippen LogP contribution is -2.38. The van der Waals surface area contributed by atoms with Crippen LogP contribution >= 0.6 is 0 Å². The summed E-state index contributed by atoms with van der Waals surface area (Å²) in [5, 5.41) is 3.03. The largest absolute Gasteiger partial charge is 0.489 e. The lowest BCUT2D eigenvalue weighted by Gasteiger charge is -2.28. The highest BCUT2D eigenvalue weighted by atomic mass is 19.1. The summed E-state index contributed by atoms with van der Waals surface area (Å²) in [7, 11) is 2.09. The average Bonchev–Trinajstić information content (AvgIpc) is 2.67. The van der Waals surface area contributed by atoms with Gasteiger partial charge >= 0.3 is 0 Å². The van der Waals surface area contributed by atoms with Crippen molar-refractivity contribution in [2.75, 3.05) is 20.1 Å². The van der Waals surface area contributed by atoms with E-state index in [1.54, 1.807) is 12.1 Å². The molecule has 0 radical (unpaired) electrons. The first-order valence-corrected chi connectivity index (χ1v) is 9.02. The molecule has 4 nitrogen and oxygen atoms in total. The number of hydrogen-bond donors (Lipinski definition) is 1.